The molecule has 0 atom stereocenters. The fourth-order valence-corrected chi connectivity index (χ4v) is 8.53. The molecule has 322 valence electrons. The maximum atomic E-state index is 12.2. The topological polar surface area (TPSA) is 50.9 Å². The number of aromatic nitrogens is 3. The molecule has 0 saturated heterocycles. The summed E-state index contributed by atoms with van der Waals surface area (Å²) in [5.74, 6) is 0.154. The quantitative estimate of drug-likeness (QED) is 0.154. The SMILES string of the molecule is [2H]C(C)(C)c1cccc(-c2ccnc(-c3[c-]c(-c4cccc5c4nc(-c4cccc(C(C)(C)C)c4O)n5-c4ccc(C(C)(C)C)cc4-c4ccccc4)cc(-c4ccccc4)c3)c2)c1.[Pt]. The van der Waals surface area contributed by atoms with Crippen molar-refractivity contribution in [3.8, 4) is 78.6 Å². The van der Waals surface area contributed by atoms with Gasteiger partial charge in [0, 0.05) is 39.9 Å². The van der Waals surface area contributed by atoms with Gasteiger partial charge in [-0.25, -0.2) is 4.98 Å². The van der Waals surface area contributed by atoms with Gasteiger partial charge in [0.1, 0.15) is 11.6 Å². The molecular weight excluding hydrogens is 962 g/mol. The zero-order chi connectivity index (χ0) is 45.0. The molecule has 9 rings (SSSR count). The van der Waals surface area contributed by atoms with Crippen molar-refractivity contribution in [2.75, 3.05) is 0 Å². The van der Waals surface area contributed by atoms with Crippen LogP contribution < -0.4 is 0 Å². The van der Waals surface area contributed by atoms with Crippen LogP contribution in [0.2, 0.25) is 0 Å². The second kappa shape index (κ2) is 17.7. The predicted octanol–water partition coefficient (Wildman–Crippen LogP) is 15.6. The molecular formula is C59H54N3OPt-. The third-order valence-corrected chi connectivity index (χ3v) is 12.0. The average molecular weight is 1020 g/mol. The molecule has 0 aliphatic heterocycles. The second-order valence-electron chi connectivity index (χ2n) is 18.8. The largest absolute Gasteiger partial charge is 0.507 e. The number of nitrogens with zero attached hydrogens (tertiary/aromatic N) is 3. The van der Waals surface area contributed by atoms with Crippen molar-refractivity contribution in [3.05, 3.63) is 193 Å². The fourth-order valence-electron chi connectivity index (χ4n) is 8.53. The molecule has 0 bridgehead atoms. The van der Waals surface area contributed by atoms with Crippen molar-refractivity contribution in [2.45, 2.75) is 72.1 Å². The Hall–Kier alpha value is -6.35. The van der Waals surface area contributed by atoms with E-state index in [4.69, 9.17) is 11.3 Å². The molecule has 1 N–H and O–H groups in total. The molecule has 0 radical (unpaired) electrons. The third-order valence-electron chi connectivity index (χ3n) is 12.0. The van der Waals surface area contributed by atoms with E-state index in [9.17, 15) is 5.11 Å². The monoisotopic (exact) mass is 1020 g/mol. The molecule has 5 heteroatoms. The number of phenolic OH excluding ortho intramolecular Hbond substituents is 1. The van der Waals surface area contributed by atoms with E-state index >= 15 is 0 Å². The first-order valence-electron chi connectivity index (χ1n) is 22.3. The number of rotatable bonds is 8. The van der Waals surface area contributed by atoms with Crippen LogP contribution in [0.25, 0.3) is 83.9 Å². The van der Waals surface area contributed by atoms with Gasteiger partial charge in [-0.05, 0) is 86.0 Å². The number of pyridine rings is 1. The zero-order valence-corrected chi connectivity index (χ0v) is 40.0. The Morgan fingerprint density at radius 3 is 1.92 bits per heavy atom. The fraction of sp³-hybridized carbons (Fsp3) is 0.186. The Kier molecular flexibility index (Phi) is 11.8. The van der Waals surface area contributed by atoms with Gasteiger partial charge in [0.25, 0.3) is 0 Å². The minimum atomic E-state index is -0.723. The van der Waals surface area contributed by atoms with Gasteiger partial charge in [0.05, 0.1) is 22.3 Å². The molecule has 2 heterocycles. The van der Waals surface area contributed by atoms with E-state index in [-0.39, 0.29) is 37.6 Å². The number of benzene rings is 7. The van der Waals surface area contributed by atoms with E-state index in [0.29, 0.717) is 11.4 Å². The van der Waals surface area contributed by atoms with Gasteiger partial charge in [-0.2, -0.15) is 0 Å². The molecule has 0 aliphatic rings. The van der Waals surface area contributed by atoms with Gasteiger partial charge in [0.15, 0.2) is 0 Å². The Morgan fingerprint density at radius 2 is 1.22 bits per heavy atom. The second-order valence-corrected chi connectivity index (χ2v) is 18.8. The summed E-state index contributed by atoms with van der Waals surface area (Å²) in [4.78, 5) is 10.5. The Labute approximate surface area is 394 Å². The van der Waals surface area contributed by atoms with Crippen LogP contribution in [0.3, 0.4) is 0 Å². The smallest absolute Gasteiger partial charge is 0.148 e. The summed E-state index contributed by atoms with van der Waals surface area (Å²) in [6.45, 7) is 16.9. The number of hydrogen-bond donors (Lipinski definition) is 1. The minimum Gasteiger partial charge on any atom is -0.507 e. The van der Waals surface area contributed by atoms with E-state index in [2.05, 4.69) is 174 Å². The van der Waals surface area contributed by atoms with Crippen molar-refractivity contribution in [1.82, 2.24) is 14.5 Å². The normalized spacial score (nSPS) is 12.2. The molecule has 7 aromatic carbocycles. The first-order valence-corrected chi connectivity index (χ1v) is 21.8. The molecule has 64 heavy (non-hydrogen) atoms. The first-order chi connectivity index (χ1) is 30.5. The number of fused-ring (bicyclic) bond motifs is 1. The number of para-hydroxylation sites is 2. The summed E-state index contributed by atoms with van der Waals surface area (Å²) in [6, 6.07) is 60.6. The maximum absolute atomic E-state index is 12.2. The molecule has 0 saturated carbocycles. The van der Waals surface area contributed by atoms with Crippen LogP contribution in [0.4, 0.5) is 0 Å². The summed E-state index contributed by atoms with van der Waals surface area (Å²) in [5, 5.41) is 12.2. The Morgan fingerprint density at radius 1 is 0.578 bits per heavy atom. The molecule has 0 amide bonds. The van der Waals surface area contributed by atoms with Crippen LogP contribution in [0, 0.1) is 6.07 Å². The van der Waals surface area contributed by atoms with Gasteiger partial charge in [0.2, 0.25) is 0 Å². The van der Waals surface area contributed by atoms with E-state index in [0.717, 1.165) is 83.6 Å². The molecule has 2 aromatic heterocycles. The van der Waals surface area contributed by atoms with Crippen molar-refractivity contribution in [2.24, 2.45) is 0 Å². The van der Waals surface area contributed by atoms with Crippen molar-refractivity contribution in [3.63, 3.8) is 0 Å². The van der Waals surface area contributed by atoms with Crippen LogP contribution >= 0.6 is 0 Å². The molecule has 0 unspecified atom stereocenters. The van der Waals surface area contributed by atoms with Crippen molar-refractivity contribution >= 4 is 11.0 Å². The Balaban J connectivity index is 0.00000576. The van der Waals surface area contributed by atoms with Gasteiger partial charge in [-0.3, -0.25) is 9.55 Å². The molecule has 0 aliphatic carbocycles. The molecule has 4 nitrogen and oxygen atoms in total. The average Bonchev–Trinajstić information content (AvgIpc) is 3.68. The number of imidazole rings is 1. The molecule has 0 spiro atoms. The summed E-state index contributed by atoms with van der Waals surface area (Å²) in [7, 11) is 0. The van der Waals surface area contributed by atoms with Crippen LogP contribution in [0.15, 0.2) is 170 Å². The molecule has 9 aromatic rings. The number of phenols is 1. The zero-order valence-electron chi connectivity index (χ0n) is 38.8. The molecule has 0 fully saturated rings. The van der Waals surface area contributed by atoms with Crippen LogP contribution in [0.5, 0.6) is 5.75 Å². The van der Waals surface area contributed by atoms with Crippen LogP contribution in [0.1, 0.15) is 79.3 Å². The first kappa shape index (κ1) is 42.9. The van der Waals surface area contributed by atoms with Crippen molar-refractivity contribution in [1.29, 1.82) is 0 Å². The van der Waals surface area contributed by atoms with E-state index < -0.39 is 5.89 Å². The number of aromatic hydroxyl groups is 1. The maximum Gasteiger partial charge on any atom is 0.148 e. The van der Waals surface area contributed by atoms with Gasteiger partial charge in [-0.15, -0.1) is 23.8 Å². The van der Waals surface area contributed by atoms with Gasteiger partial charge < -0.3 is 5.11 Å². The van der Waals surface area contributed by atoms with Crippen LogP contribution in [-0.4, -0.2) is 19.6 Å². The Bertz CT molecular complexity index is 3170. The van der Waals surface area contributed by atoms with Gasteiger partial charge >= 0.3 is 0 Å². The summed E-state index contributed by atoms with van der Waals surface area (Å²) in [6.07, 6.45) is 1.86. The van der Waals surface area contributed by atoms with E-state index in [1.807, 2.05) is 62.5 Å². The predicted molar refractivity (Wildman–Crippen MR) is 263 cm³/mol. The van der Waals surface area contributed by atoms with E-state index in [1.54, 1.807) is 0 Å². The summed E-state index contributed by atoms with van der Waals surface area (Å²) >= 11 is 0. The number of hydrogen-bond acceptors (Lipinski definition) is 3. The van der Waals surface area contributed by atoms with Gasteiger partial charge in [-0.1, -0.05) is 193 Å². The standard InChI is InChI=1S/C59H54N3O.Pt/c1-38(2)41-22-15-23-42(32-41)43-30-31-60-52(36-43)46-34-44(39-18-11-9-12-19-39)33-45(35-46)48-24-17-27-54-55(48)61-57(49-25-16-26-51(56(49)63)59(6,7)8)62(54)53-29-28-47(58(3,4)5)37-50(53)40-20-13-10-14-21-40;/h9-34,36-38,63H,1-8H3;/q-1;/i38D;. The minimum absolute atomic E-state index is 0. The third kappa shape index (κ3) is 8.65. The van der Waals surface area contributed by atoms with E-state index in [1.165, 1.54) is 5.56 Å². The summed E-state index contributed by atoms with van der Waals surface area (Å²) < 4.78 is 10.9. The van der Waals surface area contributed by atoms with Crippen LogP contribution in [-0.2, 0) is 31.9 Å². The van der Waals surface area contributed by atoms with Crippen molar-refractivity contribution < 1.29 is 27.5 Å². The summed E-state index contributed by atoms with van der Waals surface area (Å²) in [5.41, 5.74) is 15.8.